The number of ether oxygens (including phenoxy) is 1. The second kappa shape index (κ2) is 5.58. The van der Waals surface area contributed by atoms with Gasteiger partial charge in [-0.15, -0.1) is 11.3 Å². The Balaban J connectivity index is 3.43. The van der Waals surface area contributed by atoms with Gasteiger partial charge in [-0.1, -0.05) is 13.8 Å². The fourth-order valence-electron chi connectivity index (χ4n) is 1.59. The normalized spacial score (nSPS) is 9.69. The van der Waals surface area contributed by atoms with E-state index in [4.69, 9.17) is 4.74 Å². The summed E-state index contributed by atoms with van der Waals surface area (Å²) < 4.78 is 4.70. The molecule has 86 valence electrons. The van der Waals surface area contributed by atoms with Crippen LogP contribution in [0.15, 0.2) is 4.99 Å². The first kappa shape index (κ1) is 12.6. The maximum Gasteiger partial charge on any atom is 0.341 e. The van der Waals surface area contributed by atoms with Gasteiger partial charge in [-0.3, -0.25) is 0 Å². The van der Waals surface area contributed by atoms with E-state index in [0.717, 1.165) is 23.3 Å². The maximum atomic E-state index is 11.6. The molecule has 0 aromatic carbocycles. The van der Waals surface area contributed by atoms with Crippen molar-refractivity contribution in [1.82, 2.24) is 0 Å². The average Bonchev–Trinajstić information content (AvgIpc) is 2.66. The lowest BCUT2D eigenvalue weighted by Crippen LogP contribution is -2.04. The molecule has 0 saturated heterocycles. The summed E-state index contributed by atoms with van der Waals surface area (Å²) in [4.78, 5) is 26.5. The van der Waals surface area contributed by atoms with Crippen LogP contribution in [-0.4, -0.2) is 19.2 Å². The molecule has 0 saturated carbocycles. The second-order valence-corrected chi connectivity index (χ2v) is 4.17. The number of hydrogen-bond acceptors (Lipinski definition) is 5. The number of carbonyl (C=O) groups is 1. The summed E-state index contributed by atoms with van der Waals surface area (Å²) in [6.07, 6.45) is 3.00. The summed E-state index contributed by atoms with van der Waals surface area (Å²) in [5.41, 5.74) is 1.34. The van der Waals surface area contributed by atoms with Gasteiger partial charge in [-0.2, -0.15) is 4.99 Å². The van der Waals surface area contributed by atoms with E-state index < -0.39 is 5.97 Å². The van der Waals surface area contributed by atoms with Crippen LogP contribution in [0, 0.1) is 0 Å². The van der Waals surface area contributed by atoms with Gasteiger partial charge in [0.05, 0.1) is 7.11 Å². The Bertz CT molecular complexity index is 444. The van der Waals surface area contributed by atoms with Crippen molar-refractivity contribution in [3.05, 3.63) is 16.0 Å². The second-order valence-electron chi connectivity index (χ2n) is 3.09. The minimum Gasteiger partial charge on any atom is -0.465 e. The zero-order valence-electron chi connectivity index (χ0n) is 9.49. The minimum absolute atomic E-state index is 0.399. The highest BCUT2D eigenvalue weighted by atomic mass is 32.1. The van der Waals surface area contributed by atoms with Gasteiger partial charge in [0.15, 0.2) is 0 Å². The molecule has 4 nitrogen and oxygen atoms in total. The van der Waals surface area contributed by atoms with Crippen molar-refractivity contribution in [2.45, 2.75) is 26.7 Å². The van der Waals surface area contributed by atoms with Gasteiger partial charge in [0.1, 0.15) is 10.6 Å². The maximum absolute atomic E-state index is 11.6. The number of aliphatic imine (C=N–C) groups is 1. The van der Waals surface area contributed by atoms with E-state index in [1.807, 2.05) is 13.8 Å². The predicted molar refractivity (Wildman–Crippen MR) is 62.2 cm³/mol. The van der Waals surface area contributed by atoms with E-state index in [0.29, 0.717) is 10.6 Å². The fourth-order valence-corrected chi connectivity index (χ4v) is 2.73. The zero-order valence-corrected chi connectivity index (χ0v) is 10.3. The van der Waals surface area contributed by atoms with E-state index in [9.17, 15) is 9.59 Å². The minimum atomic E-state index is -0.443. The molecule has 1 aromatic heterocycles. The van der Waals surface area contributed by atoms with Crippen LogP contribution in [0.1, 0.15) is 34.6 Å². The van der Waals surface area contributed by atoms with Crippen LogP contribution < -0.4 is 0 Å². The Morgan fingerprint density at radius 1 is 1.44 bits per heavy atom. The molecule has 0 N–H and O–H groups in total. The standard InChI is InChI=1S/C11H13NO3S/c1-4-7-8(5-2)16-10(12-6-13)9(7)11(14)15-3/h4-5H2,1-3H3. The molecule has 0 bridgehead atoms. The number of carbonyl (C=O) groups excluding carboxylic acids is 2. The first-order valence-corrected chi connectivity index (χ1v) is 5.81. The number of nitrogens with zero attached hydrogens (tertiary/aromatic N) is 1. The predicted octanol–water partition coefficient (Wildman–Crippen LogP) is 2.63. The highest BCUT2D eigenvalue weighted by Gasteiger charge is 2.22. The van der Waals surface area contributed by atoms with E-state index in [1.165, 1.54) is 24.5 Å². The van der Waals surface area contributed by atoms with Gasteiger partial charge in [0.2, 0.25) is 6.08 Å². The molecule has 0 radical (unpaired) electrons. The van der Waals surface area contributed by atoms with Crippen molar-refractivity contribution in [3.8, 4) is 0 Å². The molecule has 0 aliphatic heterocycles. The number of isocyanates is 1. The van der Waals surface area contributed by atoms with Gasteiger partial charge in [0.25, 0.3) is 0 Å². The van der Waals surface area contributed by atoms with Crippen LogP contribution in [0.3, 0.4) is 0 Å². The first-order valence-electron chi connectivity index (χ1n) is 5.00. The molecule has 1 rings (SSSR count). The molecule has 0 unspecified atom stereocenters. The molecule has 0 atom stereocenters. The Morgan fingerprint density at radius 2 is 2.12 bits per heavy atom. The van der Waals surface area contributed by atoms with Gasteiger partial charge in [-0.25, -0.2) is 9.59 Å². The Labute approximate surface area is 98.0 Å². The molecule has 0 aliphatic rings. The SMILES string of the molecule is CCc1sc(N=C=O)c(C(=O)OC)c1CC. The quantitative estimate of drug-likeness (QED) is 0.461. The molecular formula is C11H13NO3S. The van der Waals surface area contributed by atoms with Crippen molar-refractivity contribution in [2.24, 2.45) is 4.99 Å². The largest absolute Gasteiger partial charge is 0.465 e. The van der Waals surface area contributed by atoms with E-state index in [1.54, 1.807) is 0 Å². The van der Waals surface area contributed by atoms with Crippen LogP contribution in [0.4, 0.5) is 5.00 Å². The molecule has 5 heteroatoms. The number of methoxy groups -OCH3 is 1. The Kier molecular flexibility index (Phi) is 4.40. The van der Waals surface area contributed by atoms with E-state index in [-0.39, 0.29) is 0 Å². The van der Waals surface area contributed by atoms with Gasteiger partial charge < -0.3 is 4.74 Å². The summed E-state index contributed by atoms with van der Waals surface area (Å²) in [5.74, 6) is -0.443. The number of aryl methyl sites for hydroxylation is 1. The number of hydrogen-bond donors (Lipinski definition) is 0. The lowest BCUT2D eigenvalue weighted by atomic mass is 10.1. The molecule has 0 spiro atoms. The van der Waals surface area contributed by atoms with Crippen LogP contribution in [0.5, 0.6) is 0 Å². The Hall–Kier alpha value is -1.45. The third-order valence-corrected chi connectivity index (χ3v) is 3.55. The number of rotatable bonds is 4. The van der Waals surface area contributed by atoms with Crippen molar-refractivity contribution in [3.63, 3.8) is 0 Å². The van der Waals surface area contributed by atoms with Crippen LogP contribution in [0.25, 0.3) is 0 Å². The van der Waals surface area contributed by atoms with Crippen molar-refractivity contribution >= 4 is 28.4 Å². The fraction of sp³-hybridized carbons (Fsp3) is 0.455. The Morgan fingerprint density at radius 3 is 2.56 bits per heavy atom. The molecule has 1 aromatic rings. The van der Waals surface area contributed by atoms with E-state index >= 15 is 0 Å². The van der Waals surface area contributed by atoms with Gasteiger partial charge >= 0.3 is 5.97 Å². The van der Waals surface area contributed by atoms with Crippen LogP contribution in [-0.2, 0) is 22.4 Å². The summed E-state index contributed by atoms with van der Waals surface area (Å²) in [6, 6.07) is 0. The first-order chi connectivity index (χ1) is 7.69. The molecule has 0 aliphatic carbocycles. The van der Waals surface area contributed by atoms with E-state index in [2.05, 4.69) is 4.99 Å². The van der Waals surface area contributed by atoms with Crippen LogP contribution in [0.2, 0.25) is 0 Å². The zero-order chi connectivity index (χ0) is 12.1. The van der Waals surface area contributed by atoms with Crippen molar-refractivity contribution in [1.29, 1.82) is 0 Å². The third-order valence-electron chi connectivity index (χ3n) is 2.28. The van der Waals surface area contributed by atoms with Crippen LogP contribution >= 0.6 is 11.3 Å². The average molecular weight is 239 g/mol. The van der Waals surface area contributed by atoms with Gasteiger partial charge in [-0.05, 0) is 18.4 Å². The van der Waals surface area contributed by atoms with Crippen molar-refractivity contribution < 1.29 is 14.3 Å². The highest BCUT2D eigenvalue weighted by molar-refractivity contribution is 7.16. The summed E-state index contributed by atoms with van der Waals surface area (Å²) in [6.45, 7) is 3.96. The molecule has 0 amide bonds. The molecule has 1 heterocycles. The molecule has 16 heavy (non-hydrogen) atoms. The smallest absolute Gasteiger partial charge is 0.341 e. The lowest BCUT2D eigenvalue weighted by molar-refractivity contribution is 0.0601. The summed E-state index contributed by atoms with van der Waals surface area (Å²) in [5, 5.41) is 0.399. The summed E-state index contributed by atoms with van der Waals surface area (Å²) >= 11 is 1.35. The third kappa shape index (κ3) is 2.21. The molecule has 0 fully saturated rings. The number of esters is 1. The topological polar surface area (TPSA) is 55.7 Å². The van der Waals surface area contributed by atoms with Crippen molar-refractivity contribution in [2.75, 3.05) is 7.11 Å². The lowest BCUT2D eigenvalue weighted by Gasteiger charge is -2.01. The number of thiophene rings is 1. The highest BCUT2D eigenvalue weighted by Crippen LogP contribution is 2.36. The monoisotopic (exact) mass is 239 g/mol. The van der Waals surface area contributed by atoms with Gasteiger partial charge in [0, 0.05) is 4.88 Å². The molecular weight excluding hydrogens is 226 g/mol. The summed E-state index contributed by atoms with van der Waals surface area (Å²) in [7, 11) is 1.32.